The zero-order valence-electron chi connectivity index (χ0n) is 11.1. The van der Waals surface area contributed by atoms with E-state index >= 15 is 0 Å². The van der Waals surface area contributed by atoms with Crippen LogP contribution in [0.1, 0.15) is 6.42 Å². The Morgan fingerprint density at radius 1 is 1.32 bits per heavy atom. The second-order valence-electron chi connectivity index (χ2n) is 5.19. The highest BCUT2D eigenvalue weighted by molar-refractivity contribution is 7.91. The van der Waals surface area contributed by atoms with Crippen LogP contribution in [-0.2, 0) is 14.6 Å². The molecule has 2 aliphatic heterocycles. The van der Waals surface area contributed by atoms with Gasteiger partial charge in [0.05, 0.1) is 17.5 Å². The van der Waals surface area contributed by atoms with Crippen molar-refractivity contribution >= 4 is 27.3 Å². The maximum absolute atomic E-state index is 12.0. The zero-order chi connectivity index (χ0) is 14.0. The van der Waals surface area contributed by atoms with Crippen LogP contribution in [0.3, 0.4) is 0 Å². The molecule has 8 heteroatoms. The average Bonchev–Trinajstić information content (AvgIpc) is 2.72. The number of carbonyl (C=O) groups is 1. The molecule has 19 heavy (non-hydrogen) atoms. The SMILES string of the molecule is CN1CCN(N(C(=O)CCl)[C@H]2CCS(=O)(=O)C2)CC1. The van der Waals surface area contributed by atoms with Crippen molar-refractivity contribution in [2.24, 2.45) is 0 Å². The van der Waals surface area contributed by atoms with E-state index in [0.29, 0.717) is 6.42 Å². The minimum Gasteiger partial charge on any atom is -0.304 e. The maximum atomic E-state index is 12.0. The van der Waals surface area contributed by atoms with Gasteiger partial charge in [-0.25, -0.2) is 13.4 Å². The summed E-state index contributed by atoms with van der Waals surface area (Å²) in [5.74, 6) is -0.0872. The summed E-state index contributed by atoms with van der Waals surface area (Å²) in [6.07, 6.45) is 0.511. The number of piperazine rings is 1. The highest BCUT2D eigenvalue weighted by Gasteiger charge is 2.37. The fourth-order valence-corrected chi connectivity index (χ4v) is 4.45. The van der Waals surface area contributed by atoms with Crippen molar-refractivity contribution < 1.29 is 13.2 Å². The molecular formula is C11H20ClN3O3S. The Morgan fingerprint density at radius 2 is 1.95 bits per heavy atom. The molecule has 1 atom stereocenters. The van der Waals surface area contributed by atoms with Crippen LogP contribution in [0.25, 0.3) is 0 Å². The van der Waals surface area contributed by atoms with Gasteiger partial charge in [-0.1, -0.05) is 0 Å². The molecule has 2 fully saturated rings. The average molecular weight is 310 g/mol. The lowest BCUT2D eigenvalue weighted by atomic mass is 10.2. The van der Waals surface area contributed by atoms with Gasteiger partial charge in [0.25, 0.3) is 5.91 Å². The Kier molecular flexibility index (Phi) is 4.70. The van der Waals surface area contributed by atoms with Crippen molar-refractivity contribution in [2.75, 3.05) is 50.6 Å². The summed E-state index contributed by atoms with van der Waals surface area (Å²) in [6.45, 7) is 3.20. The normalized spacial score (nSPS) is 28.4. The molecule has 1 amide bonds. The van der Waals surface area contributed by atoms with Gasteiger partial charge in [-0.3, -0.25) is 9.80 Å². The fraction of sp³-hybridized carbons (Fsp3) is 0.909. The molecule has 0 saturated carbocycles. The number of carbonyl (C=O) groups excluding carboxylic acids is 1. The summed E-state index contributed by atoms with van der Waals surface area (Å²) in [5, 5.41) is 3.56. The van der Waals surface area contributed by atoms with E-state index in [1.54, 1.807) is 5.01 Å². The molecule has 0 aromatic heterocycles. The highest BCUT2D eigenvalue weighted by Crippen LogP contribution is 2.21. The molecule has 0 N–H and O–H groups in total. The molecule has 0 radical (unpaired) electrons. The maximum Gasteiger partial charge on any atom is 0.252 e. The van der Waals surface area contributed by atoms with Gasteiger partial charge in [0.2, 0.25) is 0 Å². The van der Waals surface area contributed by atoms with E-state index < -0.39 is 9.84 Å². The Labute approximate surface area is 119 Å². The number of alkyl halides is 1. The number of hydrazine groups is 1. The number of hydrogen-bond donors (Lipinski definition) is 0. The molecule has 0 aliphatic carbocycles. The van der Waals surface area contributed by atoms with Crippen molar-refractivity contribution in [1.82, 2.24) is 14.9 Å². The Morgan fingerprint density at radius 3 is 2.42 bits per heavy atom. The van der Waals surface area contributed by atoms with Crippen LogP contribution in [0.5, 0.6) is 0 Å². The molecule has 0 aromatic rings. The van der Waals surface area contributed by atoms with Gasteiger partial charge in [0, 0.05) is 26.2 Å². The van der Waals surface area contributed by atoms with E-state index in [0.717, 1.165) is 26.2 Å². The first-order chi connectivity index (χ1) is 8.93. The molecular weight excluding hydrogens is 290 g/mol. The van der Waals surface area contributed by atoms with E-state index in [1.807, 2.05) is 12.1 Å². The van der Waals surface area contributed by atoms with Crippen molar-refractivity contribution in [1.29, 1.82) is 0 Å². The van der Waals surface area contributed by atoms with Crippen molar-refractivity contribution in [3.8, 4) is 0 Å². The molecule has 0 spiro atoms. The lowest BCUT2D eigenvalue weighted by Gasteiger charge is -2.42. The number of likely N-dealkylation sites (N-methyl/N-ethyl adjacent to an activating group) is 1. The number of halogens is 1. The molecule has 0 bridgehead atoms. The van der Waals surface area contributed by atoms with Crippen LogP contribution in [-0.4, -0.2) is 85.9 Å². The largest absolute Gasteiger partial charge is 0.304 e. The Balaban J connectivity index is 2.10. The molecule has 2 rings (SSSR count). The molecule has 2 heterocycles. The van der Waals surface area contributed by atoms with Gasteiger partial charge in [-0.2, -0.15) is 0 Å². The van der Waals surface area contributed by atoms with E-state index in [1.165, 1.54) is 0 Å². The third-order valence-electron chi connectivity index (χ3n) is 3.71. The summed E-state index contributed by atoms with van der Waals surface area (Å²) in [4.78, 5) is 14.2. The second kappa shape index (κ2) is 5.95. The quantitative estimate of drug-likeness (QED) is 0.652. The summed E-state index contributed by atoms with van der Waals surface area (Å²) in [6, 6.07) is -0.250. The van der Waals surface area contributed by atoms with Crippen LogP contribution >= 0.6 is 11.6 Å². The van der Waals surface area contributed by atoms with E-state index in [9.17, 15) is 13.2 Å². The lowest BCUT2D eigenvalue weighted by molar-refractivity contribution is -0.155. The number of nitrogens with zero attached hydrogens (tertiary/aromatic N) is 3. The standard InChI is InChI=1S/C11H20ClN3O3S/c1-13-3-5-14(6-4-13)15(11(16)8-12)10-2-7-19(17,18)9-10/h10H,2-9H2,1H3/t10-/m0/s1. The van der Waals surface area contributed by atoms with Crippen LogP contribution < -0.4 is 0 Å². The smallest absolute Gasteiger partial charge is 0.252 e. The first-order valence-electron chi connectivity index (χ1n) is 6.45. The van der Waals surface area contributed by atoms with Crippen molar-refractivity contribution in [3.63, 3.8) is 0 Å². The number of rotatable bonds is 3. The minimum atomic E-state index is -3.01. The fourth-order valence-electron chi connectivity index (χ4n) is 2.63. The first kappa shape index (κ1) is 15.0. The summed E-state index contributed by atoms with van der Waals surface area (Å²) in [5.41, 5.74) is 0. The summed E-state index contributed by atoms with van der Waals surface area (Å²) >= 11 is 5.67. The molecule has 6 nitrogen and oxygen atoms in total. The summed E-state index contributed by atoms with van der Waals surface area (Å²) in [7, 11) is -0.973. The second-order valence-corrected chi connectivity index (χ2v) is 7.68. The summed E-state index contributed by atoms with van der Waals surface area (Å²) < 4.78 is 23.2. The van der Waals surface area contributed by atoms with Crippen LogP contribution in [0, 0.1) is 0 Å². The third-order valence-corrected chi connectivity index (χ3v) is 5.69. The minimum absolute atomic E-state index is 0.0575. The van der Waals surface area contributed by atoms with Crippen LogP contribution in [0.2, 0.25) is 0 Å². The van der Waals surface area contributed by atoms with Gasteiger partial charge in [-0.15, -0.1) is 11.6 Å². The molecule has 110 valence electrons. The topological polar surface area (TPSA) is 60.9 Å². The molecule has 2 aliphatic rings. The van der Waals surface area contributed by atoms with Crippen molar-refractivity contribution in [2.45, 2.75) is 12.5 Å². The zero-order valence-corrected chi connectivity index (χ0v) is 12.7. The predicted molar refractivity (Wildman–Crippen MR) is 73.7 cm³/mol. The van der Waals surface area contributed by atoms with Gasteiger partial charge < -0.3 is 4.90 Å². The van der Waals surface area contributed by atoms with E-state index in [2.05, 4.69) is 4.90 Å². The monoisotopic (exact) mass is 309 g/mol. The number of amides is 1. The molecule has 0 unspecified atom stereocenters. The van der Waals surface area contributed by atoms with Gasteiger partial charge >= 0.3 is 0 Å². The number of sulfone groups is 1. The Hall–Kier alpha value is -0.370. The highest BCUT2D eigenvalue weighted by atomic mass is 35.5. The van der Waals surface area contributed by atoms with Gasteiger partial charge in [0.1, 0.15) is 5.88 Å². The van der Waals surface area contributed by atoms with E-state index in [4.69, 9.17) is 11.6 Å². The number of hydrogen-bond acceptors (Lipinski definition) is 5. The van der Waals surface area contributed by atoms with E-state index in [-0.39, 0.29) is 29.3 Å². The third kappa shape index (κ3) is 3.59. The van der Waals surface area contributed by atoms with Gasteiger partial charge in [-0.05, 0) is 13.5 Å². The predicted octanol–water partition coefficient (Wildman–Crippen LogP) is -0.597. The van der Waals surface area contributed by atoms with Crippen LogP contribution in [0.4, 0.5) is 0 Å². The lowest BCUT2D eigenvalue weighted by Crippen LogP contribution is -2.58. The molecule has 2 saturated heterocycles. The molecule has 0 aromatic carbocycles. The first-order valence-corrected chi connectivity index (χ1v) is 8.80. The Bertz CT molecular complexity index is 434. The van der Waals surface area contributed by atoms with Gasteiger partial charge in [0.15, 0.2) is 9.84 Å². The van der Waals surface area contributed by atoms with Crippen LogP contribution in [0.15, 0.2) is 0 Å². The van der Waals surface area contributed by atoms with Crippen molar-refractivity contribution in [3.05, 3.63) is 0 Å².